The van der Waals surface area contributed by atoms with E-state index in [0.717, 1.165) is 32.1 Å². The number of nitrogens with two attached hydrogens (primary N) is 1. The average Bonchev–Trinajstić information content (AvgIpc) is 3.07. The van der Waals surface area contributed by atoms with E-state index in [0.29, 0.717) is 6.42 Å². The molecule has 0 saturated carbocycles. The van der Waals surface area contributed by atoms with Crippen LogP contribution in [0, 0.1) is 0 Å². The Balaban J connectivity index is 4.05. The van der Waals surface area contributed by atoms with Crippen LogP contribution in [0.4, 0.5) is 0 Å². The third-order valence-electron chi connectivity index (χ3n) is 8.74. The van der Waals surface area contributed by atoms with Crippen molar-refractivity contribution in [3.05, 3.63) is 0 Å². The summed E-state index contributed by atoms with van der Waals surface area (Å²) in [5.74, 6) is -0.822. The van der Waals surface area contributed by atoms with E-state index in [4.69, 9.17) is 24.3 Å². The summed E-state index contributed by atoms with van der Waals surface area (Å²) in [6.45, 7) is 3.72. The Bertz CT molecular complexity index is 769. The topological polar surface area (TPSA) is 134 Å². The van der Waals surface area contributed by atoms with Crippen LogP contribution in [0.15, 0.2) is 0 Å². The molecule has 0 amide bonds. The van der Waals surface area contributed by atoms with Gasteiger partial charge in [0.2, 0.25) is 0 Å². The molecular formula is C38H76NO8P. The second kappa shape index (κ2) is 35.8. The van der Waals surface area contributed by atoms with Gasteiger partial charge in [-0.2, -0.15) is 0 Å². The first-order valence-corrected chi connectivity index (χ1v) is 21.5. The Hall–Kier alpha value is -0.990. The molecule has 9 nitrogen and oxygen atoms in total. The summed E-state index contributed by atoms with van der Waals surface area (Å²) in [7, 11) is -4.36. The number of unbranched alkanes of at least 4 members (excludes halogenated alkanes) is 25. The lowest BCUT2D eigenvalue weighted by Gasteiger charge is -2.19. The molecule has 0 aromatic heterocycles. The monoisotopic (exact) mass is 706 g/mol. The number of ether oxygens (including phenoxy) is 2. The van der Waals surface area contributed by atoms with Crippen molar-refractivity contribution in [2.24, 2.45) is 5.73 Å². The highest BCUT2D eigenvalue weighted by Gasteiger charge is 2.26. The number of carbonyl (C=O) groups is 2. The quantitative estimate of drug-likeness (QED) is 0.0365. The highest BCUT2D eigenvalue weighted by molar-refractivity contribution is 7.47. The van der Waals surface area contributed by atoms with Crippen LogP contribution in [-0.4, -0.2) is 49.3 Å². The van der Waals surface area contributed by atoms with Crippen molar-refractivity contribution in [3.8, 4) is 0 Å². The van der Waals surface area contributed by atoms with Gasteiger partial charge in [0.1, 0.15) is 6.61 Å². The van der Waals surface area contributed by atoms with Crippen molar-refractivity contribution in [1.82, 2.24) is 0 Å². The van der Waals surface area contributed by atoms with Gasteiger partial charge >= 0.3 is 19.8 Å². The van der Waals surface area contributed by atoms with Crippen LogP contribution in [0.2, 0.25) is 0 Å². The lowest BCUT2D eigenvalue weighted by Crippen LogP contribution is -2.29. The lowest BCUT2D eigenvalue weighted by atomic mass is 10.0. The standard InChI is InChI=1S/C38H76NO8P/c1-3-5-7-9-11-13-14-15-16-17-18-19-20-21-22-23-25-27-29-31-38(41)47-36(35-46-48(42,43)45-33-32-39)34-44-37(40)30-28-26-24-12-10-8-6-4-2/h36H,3-35,39H2,1-2H3,(H,42,43). The molecular weight excluding hydrogens is 629 g/mol. The fourth-order valence-corrected chi connectivity index (χ4v) is 6.52. The second-order valence-corrected chi connectivity index (χ2v) is 15.0. The van der Waals surface area contributed by atoms with Crippen LogP contribution in [0.25, 0.3) is 0 Å². The minimum atomic E-state index is -4.36. The Morgan fingerprint density at radius 1 is 0.542 bits per heavy atom. The summed E-state index contributed by atoms with van der Waals surface area (Å²) in [6.07, 6.45) is 32.9. The highest BCUT2D eigenvalue weighted by Crippen LogP contribution is 2.43. The zero-order chi connectivity index (χ0) is 35.4. The first kappa shape index (κ1) is 47.0. The van der Waals surface area contributed by atoms with Crippen molar-refractivity contribution < 1.29 is 37.6 Å². The maximum absolute atomic E-state index is 12.5. The van der Waals surface area contributed by atoms with Crippen molar-refractivity contribution in [1.29, 1.82) is 0 Å². The summed E-state index contributed by atoms with van der Waals surface area (Å²) in [4.78, 5) is 34.6. The molecule has 3 N–H and O–H groups in total. The molecule has 2 atom stereocenters. The maximum atomic E-state index is 12.5. The minimum Gasteiger partial charge on any atom is -0.462 e. The van der Waals surface area contributed by atoms with Crippen molar-refractivity contribution >= 4 is 19.8 Å². The molecule has 286 valence electrons. The zero-order valence-electron chi connectivity index (χ0n) is 31.2. The van der Waals surface area contributed by atoms with Crippen LogP contribution >= 0.6 is 7.82 Å². The van der Waals surface area contributed by atoms with Crippen LogP contribution < -0.4 is 5.73 Å². The van der Waals surface area contributed by atoms with Gasteiger partial charge in [-0.3, -0.25) is 18.6 Å². The van der Waals surface area contributed by atoms with Crippen LogP contribution in [0.1, 0.15) is 200 Å². The highest BCUT2D eigenvalue weighted by atomic mass is 31.2. The molecule has 0 saturated heterocycles. The molecule has 0 aliphatic heterocycles. The number of phosphoric acid groups is 1. The fraction of sp³-hybridized carbons (Fsp3) is 0.947. The summed E-state index contributed by atoms with van der Waals surface area (Å²) in [5.41, 5.74) is 5.33. The van der Waals surface area contributed by atoms with Crippen LogP contribution in [0.3, 0.4) is 0 Å². The molecule has 0 radical (unpaired) electrons. The molecule has 0 aromatic carbocycles. The van der Waals surface area contributed by atoms with E-state index < -0.39 is 26.5 Å². The summed E-state index contributed by atoms with van der Waals surface area (Å²) >= 11 is 0. The Kier molecular flexibility index (Phi) is 35.1. The number of rotatable bonds is 38. The van der Waals surface area contributed by atoms with Gasteiger partial charge < -0.3 is 20.1 Å². The molecule has 0 rings (SSSR count). The Labute approximate surface area is 295 Å². The summed E-state index contributed by atoms with van der Waals surface area (Å²) in [6, 6.07) is 0. The van der Waals surface area contributed by atoms with E-state index in [9.17, 15) is 19.0 Å². The Morgan fingerprint density at radius 2 is 0.896 bits per heavy atom. The molecule has 0 aliphatic carbocycles. The van der Waals surface area contributed by atoms with Gasteiger partial charge in [-0.25, -0.2) is 4.57 Å². The number of hydrogen-bond acceptors (Lipinski definition) is 8. The second-order valence-electron chi connectivity index (χ2n) is 13.5. The zero-order valence-corrected chi connectivity index (χ0v) is 32.1. The van der Waals surface area contributed by atoms with E-state index in [1.54, 1.807) is 0 Å². The van der Waals surface area contributed by atoms with E-state index in [2.05, 4.69) is 13.8 Å². The first-order valence-electron chi connectivity index (χ1n) is 20.0. The minimum absolute atomic E-state index is 0.0577. The van der Waals surface area contributed by atoms with Crippen molar-refractivity contribution in [3.63, 3.8) is 0 Å². The third-order valence-corrected chi connectivity index (χ3v) is 9.73. The number of phosphoric ester groups is 1. The number of carbonyl (C=O) groups excluding carboxylic acids is 2. The van der Waals surface area contributed by atoms with Gasteiger partial charge in [0.05, 0.1) is 13.2 Å². The van der Waals surface area contributed by atoms with E-state index in [1.165, 1.54) is 135 Å². The largest absolute Gasteiger partial charge is 0.472 e. The normalized spacial score (nSPS) is 13.3. The van der Waals surface area contributed by atoms with E-state index in [-0.39, 0.29) is 38.6 Å². The SMILES string of the molecule is CCCCCCCCCCCCCCCCCCCCCC(=O)OC(COC(=O)CCCCCCCCCC)COP(=O)(O)OCCN. The molecule has 0 spiro atoms. The van der Waals surface area contributed by atoms with Crippen LogP contribution in [-0.2, 0) is 32.7 Å². The van der Waals surface area contributed by atoms with Gasteiger partial charge in [-0.1, -0.05) is 174 Å². The predicted molar refractivity (Wildman–Crippen MR) is 197 cm³/mol. The fourth-order valence-electron chi connectivity index (χ4n) is 5.75. The van der Waals surface area contributed by atoms with Crippen LogP contribution in [0.5, 0.6) is 0 Å². The molecule has 0 fully saturated rings. The molecule has 0 aliphatic rings. The summed E-state index contributed by atoms with van der Waals surface area (Å²) in [5, 5.41) is 0. The maximum Gasteiger partial charge on any atom is 0.472 e. The van der Waals surface area contributed by atoms with Gasteiger partial charge in [0.15, 0.2) is 6.10 Å². The van der Waals surface area contributed by atoms with Gasteiger partial charge in [0.25, 0.3) is 0 Å². The van der Waals surface area contributed by atoms with Gasteiger partial charge in [0, 0.05) is 19.4 Å². The molecule has 2 unspecified atom stereocenters. The van der Waals surface area contributed by atoms with Crippen molar-refractivity contribution in [2.75, 3.05) is 26.4 Å². The number of hydrogen-bond donors (Lipinski definition) is 2. The molecule has 0 heterocycles. The number of esters is 2. The van der Waals surface area contributed by atoms with E-state index >= 15 is 0 Å². The average molecular weight is 706 g/mol. The van der Waals surface area contributed by atoms with E-state index in [1.807, 2.05) is 0 Å². The molecule has 10 heteroatoms. The first-order chi connectivity index (χ1) is 23.3. The Morgan fingerprint density at radius 3 is 1.27 bits per heavy atom. The lowest BCUT2D eigenvalue weighted by molar-refractivity contribution is -0.161. The molecule has 0 aromatic rings. The van der Waals surface area contributed by atoms with Gasteiger partial charge in [-0.15, -0.1) is 0 Å². The summed E-state index contributed by atoms with van der Waals surface area (Å²) < 4.78 is 32.6. The van der Waals surface area contributed by atoms with Crippen molar-refractivity contribution in [2.45, 2.75) is 206 Å². The molecule has 0 bridgehead atoms. The smallest absolute Gasteiger partial charge is 0.462 e. The predicted octanol–water partition coefficient (Wildman–Crippen LogP) is 10.9. The molecule has 48 heavy (non-hydrogen) atoms. The third kappa shape index (κ3) is 34.9. The van der Waals surface area contributed by atoms with Gasteiger partial charge in [-0.05, 0) is 12.8 Å².